The van der Waals surface area contributed by atoms with E-state index in [2.05, 4.69) is 32.2 Å². The van der Waals surface area contributed by atoms with Crippen LogP contribution in [0.4, 0.5) is 4.39 Å². The first-order valence-electron chi connectivity index (χ1n) is 10.6. The Hall–Kier alpha value is -3.20. The lowest BCUT2D eigenvalue weighted by molar-refractivity contribution is 0.169. The van der Waals surface area contributed by atoms with Crippen molar-refractivity contribution in [3.05, 3.63) is 60.1 Å². The Kier molecular flexibility index (Phi) is 6.93. The molecule has 1 aliphatic heterocycles. The highest BCUT2D eigenvalue weighted by Crippen LogP contribution is 2.19. The standard InChI is InChI=1S/C22H27FN6O2/c1-2-24-22(29-12-10-28(11-13-29)15-19-8-14-31-27-19)25-9-7-20-16-30-21(26-20)17-3-5-18(23)6-4-17/h3-6,8,14,16H,2,7,9-13,15H2,1H3,(H,24,25). The number of aliphatic imine (C=N–C) groups is 1. The molecule has 1 fully saturated rings. The summed E-state index contributed by atoms with van der Waals surface area (Å²) in [6.07, 6.45) is 3.93. The van der Waals surface area contributed by atoms with Gasteiger partial charge in [-0.25, -0.2) is 9.37 Å². The monoisotopic (exact) mass is 426 g/mol. The zero-order valence-electron chi connectivity index (χ0n) is 17.6. The van der Waals surface area contributed by atoms with Crippen LogP contribution < -0.4 is 5.32 Å². The maximum Gasteiger partial charge on any atom is 0.226 e. The van der Waals surface area contributed by atoms with Gasteiger partial charge in [0.15, 0.2) is 5.96 Å². The summed E-state index contributed by atoms with van der Waals surface area (Å²) >= 11 is 0. The van der Waals surface area contributed by atoms with Gasteiger partial charge in [-0.2, -0.15) is 0 Å². The minimum absolute atomic E-state index is 0.278. The second kappa shape index (κ2) is 10.2. The molecular formula is C22H27FN6O2. The van der Waals surface area contributed by atoms with E-state index >= 15 is 0 Å². The predicted octanol–water partition coefficient (Wildman–Crippen LogP) is 2.79. The summed E-state index contributed by atoms with van der Waals surface area (Å²) in [5, 5.41) is 7.38. The molecular weight excluding hydrogens is 399 g/mol. The van der Waals surface area contributed by atoms with E-state index in [-0.39, 0.29) is 5.82 Å². The molecule has 1 saturated heterocycles. The largest absolute Gasteiger partial charge is 0.444 e. The molecule has 8 nitrogen and oxygen atoms in total. The molecule has 0 atom stereocenters. The first-order chi connectivity index (χ1) is 15.2. The van der Waals surface area contributed by atoms with Crippen LogP contribution in [0.1, 0.15) is 18.3 Å². The smallest absolute Gasteiger partial charge is 0.226 e. The Bertz CT molecular complexity index is 962. The van der Waals surface area contributed by atoms with Crippen LogP contribution in [0, 0.1) is 5.82 Å². The average molecular weight is 426 g/mol. The summed E-state index contributed by atoms with van der Waals surface area (Å²) in [7, 11) is 0. The van der Waals surface area contributed by atoms with E-state index in [1.54, 1.807) is 24.7 Å². The van der Waals surface area contributed by atoms with Gasteiger partial charge in [0.05, 0.1) is 11.4 Å². The number of nitrogens with zero attached hydrogens (tertiary/aromatic N) is 5. The van der Waals surface area contributed by atoms with E-state index < -0.39 is 0 Å². The van der Waals surface area contributed by atoms with Gasteiger partial charge in [-0.3, -0.25) is 9.89 Å². The van der Waals surface area contributed by atoms with Crippen molar-refractivity contribution in [2.75, 3.05) is 39.3 Å². The third-order valence-electron chi connectivity index (χ3n) is 5.16. The number of rotatable bonds is 7. The highest BCUT2D eigenvalue weighted by atomic mass is 19.1. The van der Waals surface area contributed by atoms with Gasteiger partial charge >= 0.3 is 0 Å². The molecule has 0 saturated carbocycles. The minimum Gasteiger partial charge on any atom is -0.444 e. The topological polar surface area (TPSA) is 82.9 Å². The Labute approximate surface area is 180 Å². The summed E-state index contributed by atoms with van der Waals surface area (Å²) in [5.74, 6) is 1.14. The first kappa shape index (κ1) is 21.0. The molecule has 9 heteroatoms. The summed E-state index contributed by atoms with van der Waals surface area (Å²) < 4.78 is 23.5. The molecule has 3 heterocycles. The Morgan fingerprint density at radius 3 is 2.65 bits per heavy atom. The normalized spacial score (nSPS) is 15.4. The molecule has 0 bridgehead atoms. The van der Waals surface area contributed by atoms with E-state index in [1.165, 1.54) is 12.1 Å². The van der Waals surface area contributed by atoms with Gasteiger partial charge in [-0.15, -0.1) is 0 Å². The third kappa shape index (κ3) is 5.69. The van der Waals surface area contributed by atoms with Crippen LogP contribution >= 0.6 is 0 Å². The molecule has 1 aromatic carbocycles. The number of guanidine groups is 1. The number of hydrogen-bond donors (Lipinski definition) is 1. The van der Waals surface area contributed by atoms with Crippen LogP contribution in [0.5, 0.6) is 0 Å². The second-order valence-corrected chi connectivity index (χ2v) is 7.39. The van der Waals surface area contributed by atoms with Crippen LogP contribution in [0.25, 0.3) is 11.5 Å². The van der Waals surface area contributed by atoms with Gasteiger partial charge in [-0.1, -0.05) is 5.16 Å². The second-order valence-electron chi connectivity index (χ2n) is 7.39. The fraction of sp³-hybridized carbons (Fsp3) is 0.409. The van der Waals surface area contributed by atoms with Gasteiger partial charge in [0.2, 0.25) is 5.89 Å². The zero-order chi connectivity index (χ0) is 21.5. The van der Waals surface area contributed by atoms with E-state index in [4.69, 9.17) is 13.9 Å². The van der Waals surface area contributed by atoms with Gasteiger partial charge in [-0.05, 0) is 31.2 Å². The summed E-state index contributed by atoms with van der Waals surface area (Å²) in [5.41, 5.74) is 2.55. The molecule has 31 heavy (non-hydrogen) atoms. The number of benzene rings is 1. The predicted molar refractivity (Wildman–Crippen MR) is 115 cm³/mol. The maximum absolute atomic E-state index is 13.1. The molecule has 0 aliphatic carbocycles. The van der Waals surface area contributed by atoms with Crippen molar-refractivity contribution in [1.82, 2.24) is 25.3 Å². The number of piperazine rings is 1. The highest BCUT2D eigenvalue weighted by Gasteiger charge is 2.20. The van der Waals surface area contributed by atoms with Crippen LogP contribution in [0.15, 0.2) is 56.8 Å². The molecule has 164 valence electrons. The number of aromatic nitrogens is 2. The third-order valence-corrected chi connectivity index (χ3v) is 5.16. The highest BCUT2D eigenvalue weighted by molar-refractivity contribution is 5.80. The van der Waals surface area contributed by atoms with Gasteiger partial charge < -0.3 is 19.2 Å². The van der Waals surface area contributed by atoms with E-state index in [1.807, 2.05) is 6.07 Å². The Balaban J connectivity index is 1.30. The quantitative estimate of drug-likeness (QED) is 0.459. The fourth-order valence-corrected chi connectivity index (χ4v) is 3.52. The molecule has 0 unspecified atom stereocenters. The number of halogens is 1. The molecule has 3 aromatic rings. The summed E-state index contributed by atoms with van der Waals surface area (Å²) in [4.78, 5) is 13.9. The lowest BCUT2D eigenvalue weighted by atomic mass is 10.2. The van der Waals surface area contributed by atoms with Crippen molar-refractivity contribution in [2.24, 2.45) is 4.99 Å². The van der Waals surface area contributed by atoms with Crippen molar-refractivity contribution in [3.63, 3.8) is 0 Å². The van der Waals surface area contributed by atoms with Crippen molar-refractivity contribution in [2.45, 2.75) is 19.9 Å². The molecule has 1 aliphatic rings. The van der Waals surface area contributed by atoms with E-state index in [0.717, 1.165) is 62.2 Å². The fourth-order valence-electron chi connectivity index (χ4n) is 3.52. The van der Waals surface area contributed by atoms with Crippen LogP contribution in [-0.4, -0.2) is 65.2 Å². The van der Waals surface area contributed by atoms with Crippen molar-refractivity contribution >= 4 is 5.96 Å². The van der Waals surface area contributed by atoms with Crippen LogP contribution in [0.2, 0.25) is 0 Å². The molecule has 0 amide bonds. The van der Waals surface area contributed by atoms with Crippen molar-refractivity contribution in [3.8, 4) is 11.5 Å². The minimum atomic E-state index is -0.278. The van der Waals surface area contributed by atoms with E-state index in [9.17, 15) is 4.39 Å². The number of hydrogen-bond acceptors (Lipinski definition) is 6. The van der Waals surface area contributed by atoms with Gasteiger partial charge in [0.1, 0.15) is 18.3 Å². The molecule has 4 rings (SSSR count). The lowest BCUT2D eigenvalue weighted by Crippen LogP contribution is -2.52. The summed E-state index contributed by atoms with van der Waals surface area (Å²) in [6, 6.07) is 8.03. The number of oxazole rings is 1. The lowest BCUT2D eigenvalue weighted by Gasteiger charge is -2.36. The van der Waals surface area contributed by atoms with E-state index in [0.29, 0.717) is 18.9 Å². The Morgan fingerprint density at radius 2 is 1.94 bits per heavy atom. The molecule has 2 aromatic heterocycles. The molecule has 0 radical (unpaired) electrons. The number of nitrogens with one attached hydrogen (secondary N) is 1. The van der Waals surface area contributed by atoms with Gasteiger partial charge in [0, 0.05) is 63.9 Å². The molecule has 0 spiro atoms. The SMILES string of the molecule is CCNC(=NCCc1coc(-c2ccc(F)cc2)n1)N1CCN(Cc2ccon2)CC1. The van der Waals surface area contributed by atoms with Crippen LogP contribution in [-0.2, 0) is 13.0 Å². The zero-order valence-corrected chi connectivity index (χ0v) is 17.6. The Morgan fingerprint density at radius 1 is 1.13 bits per heavy atom. The first-order valence-corrected chi connectivity index (χ1v) is 10.6. The van der Waals surface area contributed by atoms with Crippen LogP contribution in [0.3, 0.4) is 0 Å². The van der Waals surface area contributed by atoms with Crippen molar-refractivity contribution in [1.29, 1.82) is 0 Å². The summed E-state index contributed by atoms with van der Waals surface area (Å²) in [6.45, 7) is 8.00. The average Bonchev–Trinajstić information content (AvgIpc) is 3.47. The van der Waals surface area contributed by atoms with Gasteiger partial charge in [0.25, 0.3) is 0 Å². The molecule has 1 N–H and O–H groups in total. The van der Waals surface area contributed by atoms with Crippen molar-refractivity contribution < 1.29 is 13.3 Å². The maximum atomic E-state index is 13.1.